The monoisotopic (exact) mass is 527 g/mol. The smallest absolute Gasteiger partial charge is 0.161 e. The van der Waals surface area contributed by atoms with Gasteiger partial charge in [-0.1, -0.05) is 30.3 Å². The number of imidazole rings is 1. The van der Waals surface area contributed by atoms with Crippen LogP contribution in [0.4, 0.5) is 4.39 Å². The molecule has 6 heterocycles. The van der Waals surface area contributed by atoms with Crippen molar-refractivity contribution >= 4 is 21.9 Å². The molecule has 9 nitrogen and oxygen atoms in total. The highest BCUT2D eigenvalue weighted by Gasteiger charge is 2.21. The molecule has 0 fully saturated rings. The molecule has 0 bridgehead atoms. The van der Waals surface area contributed by atoms with Crippen LogP contribution in [0, 0.1) is 5.82 Å². The molecule has 0 radical (unpaired) electrons. The Morgan fingerprint density at radius 2 is 1.57 bits per heavy atom. The Bertz CT molecular complexity index is 1950. The van der Waals surface area contributed by atoms with E-state index in [0.29, 0.717) is 40.0 Å². The summed E-state index contributed by atoms with van der Waals surface area (Å²) in [5.41, 5.74) is 6.93. The van der Waals surface area contributed by atoms with Gasteiger partial charge in [0.15, 0.2) is 11.6 Å². The van der Waals surface area contributed by atoms with E-state index in [0.717, 1.165) is 28.8 Å². The third-order valence-corrected chi connectivity index (χ3v) is 6.72. The fourth-order valence-electron chi connectivity index (χ4n) is 4.80. The lowest BCUT2D eigenvalue weighted by atomic mass is 10.1. The highest BCUT2D eigenvalue weighted by atomic mass is 19.1. The molecule has 0 unspecified atom stereocenters. The molecule has 0 aliphatic heterocycles. The number of rotatable bonds is 7. The SMILES string of the molecule is Fc1c(-c2cncc(CNCc3ccccc3)c2)ncc2[nH]nc(-c3nc4c(-c5ccncc5)cncc4[nH]3)c12. The van der Waals surface area contributed by atoms with Crippen molar-refractivity contribution in [3.8, 4) is 33.9 Å². The molecule has 0 saturated carbocycles. The van der Waals surface area contributed by atoms with Crippen LogP contribution in [0.15, 0.2) is 91.9 Å². The molecule has 0 aliphatic carbocycles. The number of hydrogen-bond acceptors (Lipinski definition) is 7. The maximum Gasteiger partial charge on any atom is 0.161 e. The minimum absolute atomic E-state index is 0.197. The molecular weight excluding hydrogens is 505 g/mol. The molecule has 0 aliphatic rings. The van der Waals surface area contributed by atoms with Crippen molar-refractivity contribution in [3.63, 3.8) is 0 Å². The number of aromatic amines is 2. The second-order valence-corrected chi connectivity index (χ2v) is 9.36. The van der Waals surface area contributed by atoms with Gasteiger partial charge in [-0.25, -0.2) is 9.37 Å². The van der Waals surface area contributed by atoms with Gasteiger partial charge in [-0.15, -0.1) is 0 Å². The third-order valence-electron chi connectivity index (χ3n) is 6.72. The molecule has 0 spiro atoms. The van der Waals surface area contributed by atoms with E-state index in [9.17, 15) is 0 Å². The van der Waals surface area contributed by atoms with Gasteiger partial charge in [-0.3, -0.25) is 25.0 Å². The second-order valence-electron chi connectivity index (χ2n) is 9.36. The van der Waals surface area contributed by atoms with E-state index >= 15 is 4.39 Å². The molecule has 7 aromatic rings. The molecule has 3 N–H and O–H groups in total. The van der Waals surface area contributed by atoms with Crippen molar-refractivity contribution in [1.82, 2.24) is 45.4 Å². The van der Waals surface area contributed by atoms with Gasteiger partial charge < -0.3 is 10.3 Å². The van der Waals surface area contributed by atoms with Gasteiger partial charge in [0, 0.05) is 55.2 Å². The van der Waals surface area contributed by atoms with E-state index in [1.54, 1.807) is 43.4 Å². The second kappa shape index (κ2) is 10.1. The van der Waals surface area contributed by atoms with Crippen LogP contribution in [-0.2, 0) is 13.1 Å². The molecule has 40 heavy (non-hydrogen) atoms. The van der Waals surface area contributed by atoms with Gasteiger partial charge >= 0.3 is 0 Å². The lowest BCUT2D eigenvalue weighted by Crippen LogP contribution is -2.12. The first-order chi connectivity index (χ1) is 19.7. The minimum Gasteiger partial charge on any atom is -0.335 e. The van der Waals surface area contributed by atoms with Gasteiger partial charge in [0.25, 0.3) is 0 Å². The average molecular weight is 528 g/mol. The summed E-state index contributed by atoms with van der Waals surface area (Å²) in [7, 11) is 0. The summed E-state index contributed by atoms with van der Waals surface area (Å²) in [6, 6.07) is 15.8. The zero-order chi connectivity index (χ0) is 26.9. The number of halogens is 1. The zero-order valence-electron chi connectivity index (χ0n) is 21.1. The standard InChI is InChI=1S/C30H22FN9/c31-26-25-23(17-36-27(26)21-10-19(13-34-14-21)12-33-11-18-4-2-1-3-5-18)39-40-29(25)30-37-24-16-35-15-22(28(24)38-30)20-6-8-32-9-7-20/h1-10,13-17,33H,11-12H2,(H,37,38)(H,39,40). The maximum absolute atomic E-state index is 16.1. The van der Waals surface area contributed by atoms with Crippen molar-refractivity contribution in [2.45, 2.75) is 13.1 Å². The first-order valence-electron chi connectivity index (χ1n) is 12.7. The number of pyridine rings is 4. The number of fused-ring (bicyclic) bond motifs is 2. The number of nitrogens with one attached hydrogen (secondary N) is 3. The van der Waals surface area contributed by atoms with Crippen LogP contribution in [0.5, 0.6) is 0 Å². The molecule has 194 valence electrons. The Kier molecular flexibility index (Phi) is 5.98. The summed E-state index contributed by atoms with van der Waals surface area (Å²) in [5, 5.41) is 11.0. The highest BCUT2D eigenvalue weighted by Crippen LogP contribution is 2.34. The molecule has 0 amide bonds. The predicted molar refractivity (Wildman–Crippen MR) is 150 cm³/mol. The number of benzene rings is 1. The van der Waals surface area contributed by atoms with Gasteiger partial charge in [0.05, 0.1) is 34.3 Å². The lowest BCUT2D eigenvalue weighted by molar-refractivity contribution is 0.638. The molecule has 1 aromatic carbocycles. The topological polar surface area (TPSA) is 121 Å². The van der Waals surface area contributed by atoms with Crippen LogP contribution in [0.25, 0.3) is 55.8 Å². The van der Waals surface area contributed by atoms with Crippen LogP contribution in [0.3, 0.4) is 0 Å². The van der Waals surface area contributed by atoms with E-state index in [2.05, 4.69) is 52.6 Å². The quantitative estimate of drug-likeness (QED) is 0.252. The van der Waals surface area contributed by atoms with Crippen LogP contribution in [-0.4, -0.2) is 40.1 Å². The fourth-order valence-corrected chi connectivity index (χ4v) is 4.80. The Morgan fingerprint density at radius 1 is 0.750 bits per heavy atom. The highest BCUT2D eigenvalue weighted by molar-refractivity contribution is 5.97. The lowest BCUT2D eigenvalue weighted by Gasteiger charge is -2.08. The van der Waals surface area contributed by atoms with Crippen molar-refractivity contribution in [1.29, 1.82) is 0 Å². The summed E-state index contributed by atoms with van der Waals surface area (Å²) < 4.78 is 16.1. The minimum atomic E-state index is -0.495. The number of nitrogens with zero attached hydrogens (tertiary/aromatic N) is 6. The molecular formula is C30H22FN9. The Morgan fingerprint density at radius 3 is 2.45 bits per heavy atom. The van der Waals surface area contributed by atoms with Gasteiger partial charge in [-0.05, 0) is 34.9 Å². The first kappa shape index (κ1) is 23.7. The van der Waals surface area contributed by atoms with Crippen LogP contribution in [0.1, 0.15) is 11.1 Å². The molecule has 7 rings (SSSR count). The van der Waals surface area contributed by atoms with Crippen molar-refractivity contribution in [2.24, 2.45) is 0 Å². The van der Waals surface area contributed by atoms with E-state index in [1.165, 1.54) is 5.56 Å². The largest absolute Gasteiger partial charge is 0.335 e. The van der Waals surface area contributed by atoms with Crippen LogP contribution >= 0.6 is 0 Å². The Balaban J connectivity index is 1.23. The van der Waals surface area contributed by atoms with Gasteiger partial charge in [-0.2, -0.15) is 5.10 Å². The normalized spacial score (nSPS) is 11.4. The Hall–Kier alpha value is -5.35. The van der Waals surface area contributed by atoms with E-state index in [1.807, 2.05) is 36.4 Å². The molecule has 0 atom stereocenters. The number of H-pyrrole nitrogens is 2. The van der Waals surface area contributed by atoms with Crippen molar-refractivity contribution in [2.75, 3.05) is 0 Å². The van der Waals surface area contributed by atoms with E-state index in [-0.39, 0.29) is 5.69 Å². The molecule has 6 aromatic heterocycles. The summed E-state index contributed by atoms with van der Waals surface area (Å²) >= 11 is 0. The number of hydrogen-bond donors (Lipinski definition) is 3. The first-order valence-corrected chi connectivity index (χ1v) is 12.7. The molecule has 0 saturated heterocycles. The van der Waals surface area contributed by atoms with Crippen molar-refractivity contribution in [3.05, 3.63) is 109 Å². The molecule has 10 heteroatoms. The van der Waals surface area contributed by atoms with Gasteiger partial charge in [0.2, 0.25) is 0 Å². The maximum atomic E-state index is 16.1. The van der Waals surface area contributed by atoms with Crippen LogP contribution in [0.2, 0.25) is 0 Å². The third kappa shape index (κ3) is 4.36. The van der Waals surface area contributed by atoms with Crippen LogP contribution < -0.4 is 5.32 Å². The summed E-state index contributed by atoms with van der Waals surface area (Å²) in [6.45, 7) is 1.31. The van der Waals surface area contributed by atoms with E-state index in [4.69, 9.17) is 4.98 Å². The van der Waals surface area contributed by atoms with E-state index < -0.39 is 5.82 Å². The van der Waals surface area contributed by atoms with Crippen molar-refractivity contribution < 1.29 is 4.39 Å². The average Bonchev–Trinajstić information content (AvgIpc) is 3.63. The fraction of sp³-hybridized carbons (Fsp3) is 0.0667. The predicted octanol–water partition coefficient (Wildman–Crippen LogP) is 5.45. The number of aromatic nitrogens is 8. The summed E-state index contributed by atoms with van der Waals surface area (Å²) in [5.74, 6) is -0.0667. The summed E-state index contributed by atoms with van der Waals surface area (Å²) in [6.07, 6.45) is 11.8. The Labute approximate surface area is 227 Å². The summed E-state index contributed by atoms with van der Waals surface area (Å²) in [4.78, 5) is 25.2. The zero-order valence-corrected chi connectivity index (χ0v) is 21.1. The van der Waals surface area contributed by atoms with Gasteiger partial charge in [0.1, 0.15) is 11.4 Å².